The minimum absolute atomic E-state index is 0.225. The molecule has 1 aromatic heterocycles. The van der Waals surface area contributed by atoms with Gasteiger partial charge in [0.15, 0.2) is 11.5 Å². The second-order valence-electron chi connectivity index (χ2n) is 8.27. The Morgan fingerprint density at radius 1 is 1.14 bits per heavy atom. The van der Waals surface area contributed by atoms with Crippen molar-refractivity contribution >= 4 is 11.9 Å². The zero-order chi connectivity index (χ0) is 24.9. The highest BCUT2D eigenvalue weighted by atomic mass is 19.1. The molecule has 2 atom stereocenters. The Hall–Kier alpha value is -4.01. The van der Waals surface area contributed by atoms with E-state index in [4.69, 9.17) is 13.9 Å². The van der Waals surface area contributed by atoms with Gasteiger partial charge in [0.2, 0.25) is 5.91 Å². The Bertz CT molecular complexity index is 1180. The fraction of sp³-hybridized carbons (Fsp3) is 0.308. The lowest BCUT2D eigenvalue weighted by Gasteiger charge is -2.38. The topological polar surface area (TPSA) is 93.0 Å². The van der Waals surface area contributed by atoms with E-state index >= 15 is 0 Å². The molecule has 3 amide bonds. The van der Waals surface area contributed by atoms with Crippen molar-refractivity contribution in [3.05, 3.63) is 83.1 Å². The van der Waals surface area contributed by atoms with Crippen molar-refractivity contribution in [1.29, 1.82) is 0 Å². The van der Waals surface area contributed by atoms with Gasteiger partial charge in [0.05, 0.1) is 33.1 Å². The molecule has 2 aromatic carbocycles. The Morgan fingerprint density at radius 3 is 2.51 bits per heavy atom. The molecule has 0 saturated heterocycles. The summed E-state index contributed by atoms with van der Waals surface area (Å²) in [6.07, 6.45) is 2.11. The molecule has 3 aromatic rings. The van der Waals surface area contributed by atoms with Gasteiger partial charge >= 0.3 is 6.03 Å². The van der Waals surface area contributed by atoms with Crippen LogP contribution < -0.4 is 20.1 Å². The number of furan rings is 1. The fourth-order valence-corrected chi connectivity index (χ4v) is 4.24. The molecule has 2 N–H and O–H groups in total. The predicted molar refractivity (Wildman–Crippen MR) is 127 cm³/mol. The van der Waals surface area contributed by atoms with Gasteiger partial charge in [-0.1, -0.05) is 12.1 Å². The molecule has 35 heavy (non-hydrogen) atoms. The first-order valence-corrected chi connectivity index (χ1v) is 11.3. The minimum Gasteiger partial charge on any atom is -0.493 e. The number of carbonyl (C=O) groups is 2. The smallest absolute Gasteiger partial charge is 0.318 e. The summed E-state index contributed by atoms with van der Waals surface area (Å²) in [5.74, 6) is 1.05. The maximum Gasteiger partial charge on any atom is 0.318 e. The second-order valence-corrected chi connectivity index (χ2v) is 8.27. The molecule has 0 spiro atoms. The van der Waals surface area contributed by atoms with Crippen molar-refractivity contribution < 1.29 is 27.9 Å². The van der Waals surface area contributed by atoms with E-state index in [9.17, 15) is 14.0 Å². The third-order valence-electron chi connectivity index (χ3n) is 6.07. The van der Waals surface area contributed by atoms with Crippen LogP contribution in [0.4, 0.5) is 9.18 Å². The normalized spacial score (nSPS) is 15.7. The van der Waals surface area contributed by atoms with Gasteiger partial charge in [-0.25, -0.2) is 9.18 Å². The number of carbonyl (C=O) groups excluding carboxylic acids is 2. The monoisotopic (exact) mass is 481 g/mol. The van der Waals surface area contributed by atoms with Crippen LogP contribution in [0, 0.1) is 5.82 Å². The maximum absolute atomic E-state index is 13.7. The van der Waals surface area contributed by atoms with Crippen LogP contribution in [0.15, 0.2) is 59.2 Å². The summed E-state index contributed by atoms with van der Waals surface area (Å²) in [4.78, 5) is 27.6. The molecule has 4 rings (SSSR count). The van der Waals surface area contributed by atoms with Gasteiger partial charge in [-0.2, -0.15) is 0 Å². The molecule has 1 aliphatic heterocycles. The lowest BCUT2D eigenvalue weighted by molar-refractivity contribution is -0.122. The van der Waals surface area contributed by atoms with E-state index in [1.165, 1.54) is 18.4 Å². The Labute approximate surface area is 203 Å². The van der Waals surface area contributed by atoms with E-state index in [0.29, 0.717) is 30.2 Å². The van der Waals surface area contributed by atoms with Crippen LogP contribution in [0.25, 0.3) is 0 Å². The van der Waals surface area contributed by atoms with E-state index in [1.54, 1.807) is 50.3 Å². The molecule has 0 saturated carbocycles. The van der Waals surface area contributed by atoms with Crippen molar-refractivity contribution in [3.8, 4) is 11.5 Å². The summed E-state index contributed by atoms with van der Waals surface area (Å²) in [5.41, 5.74) is 2.60. The van der Waals surface area contributed by atoms with E-state index in [0.717, 1.165) is 16.7 Å². The molecular formula is C26H28FN3O5. The molecule has 0 fully saturated rings. The number of amides is 3. The number of halogens is 1. The SMILES string of the molecule is COc1cc2c(cc1OC)C(c1ccc(F)cc1)N(C(=O)NC(C)C(=O)NCc1ccco1)CC2. The molecule has 9 heteroatoms. The van der Waals surface area contributed by atoms with Crippen molar-refractivity contribution in [1.82, 2.24) is 15.5 Å². The van der Waals surface area contributed by atoms with Crippen molar-refractivity contribution in [2.24, 2.45) is 0 Å². The van der Waals surface area contributed by atoms with Gasteiger partial charge < -0.3 is 29.4 Å². The number of hydrogen-bond donors (Lipinski definition) is 2. The highest BCUT2D eigenvalue weighted by Crippen LogP contribution is 2.41. The summed E-state index contributed by atoms with van der Waals surface area (Å²) in [5, 5.41) is 5.53. The zero-order valence-corrected chi connectivity index (χ0v) is 19.8. The number of hydrogen-bond acceptors (Lipinski definition) is 5. The van der Waals surface area contributed by atoms with Crippen molar-refractivity contribution in [3.63, 3.8) is 0 Å². The number of nitrogens with one attached hydrogen (secondary N) is 2. The summed E-state index contributed by atoms with van der Waals surface area (Å²) >= 11 is 0. The number of rotatable bonds is 7. The van der Waals surface area contributed by atoms with Gasteiger partial charge in [0.25, 0.3) is 0 Å². The van der Waals surface area contributed by atoms with Crippen molar-refractivity contribution in [2.75, 3.05) is 20.8 Å². The van der Waals surface area contributed by atoms with Gasteiger partial charge in [-0.05, 0) is 66.4 Å². The number of nitrogens with zero attached hydrogens (tertiary/aromatic N) is 1. The van der Waals surface area contributed by atoms with Crippen LogP contribution in [-0.2, 0) is 17.8 Å². The standard InChI is InChI=1S/C26H28FN3O5/c1-16(25(31)28-15-20-5-4-12-35-20)29-26(32)30-11-10-18-13-22(33-2)23(34-3)14-21(18)24(30)17-6-8-19(27)9-7-17/h4-9,12-14,16,24H,10-11,15H2,1-3H3,(H,28,31)(H,29,32). The average molecular weight is 482 g/mol. The molecule has 8 nitrogen and oxygen atoms in total. The molecule has 2 heterocycles. The van der Waals surface area contributed by atoms with E-state index in [-0.39, 0.29) is 18.3 Å². The molecule has 0 bridgehead atoms. The Kier molecular flexibility index (Phi) is 7.24. The third kappa shape index (κ3) is 5.24. The molecule has 0 aliphatic carbocycles. The number of ether oxygens (including phenoxy) is 2. The van der Waals surface area contributed by atoms with Crippen LogP contribution in [0.3, 0.4) is 0 Å². The average Bonchev–Trinajstić information content (AvgIpc) is 3.39. The fourth-order valence-electron chi connectivity index (χ4n) is 4.24. The molecule has 184 valence electrons. The van der Waals surface area contributed by atoms with Crippen molar-refractivity contribution in [2.45, 2.75) is 32.0 Å². The number of fused-ring (bicyclic) bond motifs is 1. The third-order valence-corrected chi connectivity index (χ3v) is 6.07. The van der Waals surface area contributed by atoms with Gasteiger partial charge in [0, 0.05) is 6.54 Å². The van der Waals surface area contributed by atoms with Crippen LogP contribution >= 0.6 is 0 Å². The quantitative estimate of drug-likeness (QED) is 0.536. The van der Waals surface area contributed by atoms with E-state index in [1.807, 2.05) is 12.1 Å². The summed E-state index contributed by atoms with van der Waals surface area (Å²) in [7, 11) is 3.12. The Morgan fingerprint density at radius 2 is 1.86 bits per heavy atom. The number of urea groups is 1. The van der Waals surface area contributed by atoms with E-state index in [2.05, 4.69) is 10.6 Å². The number of benzene rings is 2. The van der Waals surface area contributed by atoms with Crippen LogP contribution in [0.1, 0.15) is 35.4 Å². The highest BCUT2D eigenvalue weighted by molar-refractivity contribution is 5.87. The maximum atomic E-state index is 13.7. The first kappa shape index (κ1) is 24.1. The zero-order valence-electron chi connectivity index (χ0n) is 19.8. The van der Waals surface area contributed by atoms with Gasteiger partial charge in [0.1, 0.15) is 17.6 Å². The first-order valence-electron chi connectivity index (χ1n) is 11.3. The first-order chi connectivity index (χ1) is 16.9. The highest BCUT2D eigenvalue weighted by Gasteiger charge is 2.34. The van der Waals surface area contributed by atoms with E-state index < -0.39 is 18.1 Å². The number of methoxy groups -OCH3 is 2. The molecular weight excluding hydrogens is 453 g/mol. The summed E-state index contributed by atoms with van der Waals surface area (Å²) in [6.45, 7) is 2.24. The summed E-state index contributed by atoms with van der Waals surface area (Å²) < 4.78 is 29.8. The predicted octanol–water partition coefficient (Wildman–Crippen LogP) is 3.80. The summed E-state index contributed by atoms with van der Waals surface area (Å²) in [6, 6.07) is 11.6. The molecule has 0 radical (unpaired) electrons. The van der Waals surface area contributed by atoms with Gasteiger partial charge in [-0.3, -0.25) is 4.79 Å². The lowest BCUT2D eigenvalue weighted by Crippen LogP contribution is -2.52. The molecule has 1 aliphatic rings. The lowest BCUT2D eigenvalue weighted by atomic mass is 9.88. The largest absolute Gasteiger partial charge is 0.493 e. The Balaban J connectivity index is 1.58. The second kappa shape index (κ2) is 10.5. The van der Waals surface area contributed by atoms with Crippen LogP contribution in [0.5, 0.6) is 11.5 Å². The van der Waals surface area contributed by atoms with Crippen LogP contribution in [-0.4, -0.2) is 43.6 Å². The molecule has 2 unspecified atom stereocenters. The van der Waals surface area contributed by atoms with Gasteiger partial charge in [-0.15, -0.1) is 0 Å². The minimum atomic E-state index is -0.780. The van der Waals surface area contributed by atoms with Crippen LogP contribution in [0.2, 0.25) is 0 Å².